The number of nitrogens with zero attached hydrogens (tertiary/aromatic N) is 1. The molecule has 0 saturated carbocycles. The van der Waals surface area contributed by atoms with Gasteiger partial charge in [-0.2, -0.15) is 0 Å². The SMILES string of the molecule is O=CC(c1ccc(F)c(F)c1)c1sc2ncccc2c1-c1ccc(Cl)cc1. The van der Waals surface area contributed by atoms with Gasteiger partial charge >= 0.3 is 0 Å². The number of rotatable bonds is 4. The molecule has 6 heteroatoms. The van der Waals surface area contributed by atoms with Crippen molar-refractivity contribution in [3.63, 3.8) is 0 Å². The van der Waals surface area contributed by atoms with E-state index in [0.29, 0.717) is 10.6 Å². The number of hydrogen-bond acceptors (Lipinski definition) is 3. The number of fused-ring (bicyclic) bond motifs is 1. The molecule has 0 spiro atoms. The lowest BCUT2D eigenvalue weighted by atomic mass is 9.92. The van der Waals surface area contributed by atoms with Crippen LogP contribution in [0.25, 0.3) is 21.3 Å². The van der Waals surface area contributed by atoms with Crippen LogP contribution >= 0.6 is 22.9 Å². The molecule has 0 aliphatic carbocycles. The summed E-state index contributed by atoms with van der Waals surface area (Å²) in [5.41, 5.74) is 2.12. The monoisotopic (exact) mass is 399 g/mol. The molecule has 1 unspecified atom stereocenters. The predicted octanol–water partition coefficient (Wildman–Crippen LogP) is 6.23. The summed E-state index contributed by atoms with van der Waals surface area (Å²) in [6.45, 7) is 0. The van der Waals surface area contributed by atoms with E-state index in [9.17, 15) is 13.6 Å². The van der Waals surface area contributed by atoms with Gasteiger partial charge in [0.1, 0.15) is 11.1 Å². The molecule has 0 aliphatic heterocycles. The second-order valence-corrected chi connectivity index (χ2v) is 7.46. The van der Waals surface area contributed by atoms with E-state index in [4.69, 9.17) is 11.6 Å². The molecule has 0 radical (unpaired) electrons. The van der Waals surface area contributed by atoms with Crippen molar-refractivity contribution >= 4 is 39.4 Å². The zero-order valence-corrected chi connectivity index (χ0v) is 15.4. The van der Waals surface area contributed by atoms with Gasteiger partial charge in [0.2, 0.25) is 0 Å². The van der Waals surface area contributed by atoms with E-state index in [2.05, 4.69) is 4.98 Å². The molecule has 0 saturated heterocycles. The smallest absolute Gasteiger partial charge is 0.159 e. The van der Waals surface area contributed by atoms with E-state index in [1.807, 2.05) is 24.3 Å². The molecular formula is C21H12ClF2NOS. The maximum Gasteiger partial charge on any atom is 0.159 e. The quantitative estimate of drug-likeness (QED) is 0.381. The molecule has 0 N–H and O–H groups in total. The Bertz CT molecular complexity index is 1140. The van der Waals surface area contributed by atoms with E-state index in [0.717, 1.165) is 44.6 Å². The van der Waals surface area contributed by atoms with Crippen LogP contribution in [0.5, 0.6) is 0 Å². The van der Waals surface area contributed by atoms with Crippen molar-refractivity contribution in [1.29, 1.82) is 0 Å². The van der Waals surface area contributed by atoms with E-state index >= 15 is 0 Å². The minimum absolute atomic E-state index is 0.394. The van der Waals surface area contributed by atoms with Gasteiger partial charge in [0.05, 0.1) is 5.92 Å². The average Bonchev–Trinajstić information content (AvgIpc) is 3.05. The Labute approximate surface area is 163 Å². The summed E-state index contributed by atoms with van der Waals surface area (Å²) in [6.07, 6.45) is 2.43. The highest BCUT2D eigenvalue weighted by atomic mass is 35.5. The minimum Gasteiger partial charge on any atom is -0.302 e. The summed E-state index contributed by atoms with van der Waals surface area (Å²) in [4.78, 5) is 17.9. The molecule has 0 amide bonds. The largest absolute Gasteiger partial charge is 0.302 e. The lowest BCUT2D eigenvalue weighted by Crippen LogP contribution is -2.03. The highest BCUT2D eigenvalue weighted by molar-refractivity contribution is 7.19. The molecule has 4 rings (SSSR count). The highest BCUT2D eigenvalue weighted by Crippen LogP contribution is 2.43. The van der Waals surface area contributed by atoms with Crippen LogP contribution in [0.15, 0.2) is 60.8 Å². The third-order valence-electron chi connectivity index (χ3n) is 4.35. The molecule has 0 aliphatic rings. The molecule has 27 heavy (non-hydrogen) atoms. The van der Waals surface area contributed by atoms with Crippen LogP contribution in [0.3, 0.4) is 0 Å². The average molecular weight is 400 g/mol. The van der Waals surface area contributed by atoms with Gasteiger partial charge in [0, 0.05) is 27.0 Å². The standard InChI is InChI=1S/C21H12ClF2NOS/c22-14-6-3-12(4-7-14)19-15-2-1-9-25-21(15)27-20(19)16(11-26)13-5-8-17(23)18(24)10-13/h1-11,16H. The number of aldehydes is 1. The Morgan fingerprint density at radius 3 is 2.52 bits per heavy atom. The summed E-state index contributed by atoms with van der Waals surface area (Å²) in [6, 6.07) is 14.6. The minimum atomic E-state index is -0.980. The summed E-state index contributed by atoms with van der Waals surface area (Å²) < 4.78 is 27.1. The zero-order chi connectivity index (χ0) is 19.0. The molecular weight excluding hydrogens is 388 g/mol. The Morgan fingerprint density at radius 2 is 1.81 bits per heavy atom. The second kappa shape index (κ2) is 7.18. The van der Waals surface area contributed by atoms with Gasteiger partial charge in [-0.25, -0.2) is 13.8 Å². The molecule has 2 heterocycles. The second-order valence-electron chi connectivity index (χ2n) is 5.99. The number of carbonyl (C=O) groups is 1. The predicted molar refractivity (Wildman–Crippen MR) is 104 cm³/mol. The van der Waals surface area contributed by atoms with Gasteiger partial charge in [-0.3, -0.25) is 0 Å². The van der Waals surface area contributed by atoms with Gasteiger partial charge in [-0.1, -0.05) is 29.8 Å². The van der Waals surface area contributed by atoms with E-state index in [-0.39, 0.29) is 0 Å². The summed E-state index contributed by atoms with van der Waals surface area (Å²) in [7, 11) is 0. The first-order valence-electron chi connectivity index (χ1n) is 8.12. The van der Waals surface area contributed by atoms with Crippen molar-refractivity contribution in [3.05, 3.63) is 87.9 Å². The van der Waals surface area contributed by atoms with Crippen molar-refractivity contribution in [1.82, 2.24) is 4.98 Å². The first kappa shape index (κ1) is 17.8. The first-order valence-corrected chi connectivity index (χ1v) is 9.31. The normalized spacial score (nSPS) is 12.3. The number of hydrogen-bond donors (Lipinski definition) is 0. The molecule has 2 aromatic heterocycles. The molecule has 134 valence electrons. The number of carbonyl (C=O) groups excluding carboxylic acids is 1. The molecule has 4 aromatic rings. The maximum absolute atomic E-state index is 13.7. The van der Waals surface area contributed by atoms with Crippen molar-refractivity contribution in [2.45, 2.75) is 5.92 Å². The zero-order valence-electron chi connectivity index (χ0n) is 13.8. The van der Waals surface area contributed by atoms with Gasteiger partial charge in [0.25, 0.3) is 0 Å². The summed E-state index contributed by atoms with van der Waals surface area (Å²) in [5, 5.41) is 1.50. The van der Waals surface area contributed by atoms with Crippen LogP contribution in [0.1, 0.15) is 16.4 Å². The van der Waals surface area contributed by atoms with Crippen LogP contribution in [0.2, 0.25) is 5.02 Å². The Morgan fingerprint density at radius 1 is 1.04 bits per heavy atom. The van der Waals surface area contributed by atoms with E-state index in [1.54, 1.807) is 18.3 Å². The van der Waals surface area contributed by atoms with Crippen LogP contribution in [-0.2, 0) is 4.79 Å². The lowest BCUT2D eigenvalue weighted by molar-refractivity contribution is -0.108. The number of aromatic nitrogens is 1. The third kappa shape index (κ3) is 3.24. The summed E-state index contributed by atoms with van der Waals surface area (Å²) >= 11 is 7.37. The molecule has 1 atom stereocenters. The van der Waals surface area contributed by atoms with Gasteiger partial charge in [-0.15, -0.1) is 11.3 Å². The van der Waals surface area contributed by atoms with Crippen LogP contribution < -0.4 is 0 Å². The Hall–Kier alpha value is -2.63. The Balaban J connectivity index is 1.97. The van der Waals surface area contributed by atoms with Gasteiger partial charge < -0.3 is 4.79 Å². The lowest BCUT2D eigenvalue weighted by Gasteiger charge is -2.13. The van der Waals surface area contributed by atoms with Gasteiger partial charge in [-0.05, 0) is 47.5 Å². The fourth-order valence-corrected chi connectivity index (χ4v) is 4.46. The molecule has 0 fully saturated rings. The van der Waals surface area contributed by atoms with Crippen LogP contribution in [-0.4, -0.2) is 11.3 Å². The fraction of sp³-hybridized carbons (Fsp3) is 0.0476. The van der Waals surface area contributed by atoms with Crippen LogP contribution in [0, 0.1) is 11.6 Å². The van der Waals surface area contributed by atoms with E-state index < -0.39 is 17.6 Å². The summed E-state index contributed by atoms with van der Waals surface area (Å²) in [5.74, 6) is -2.66. The van der Waals surface area contributed by atoms with Crippen molar-refractivity contribution in [3.8, 4) is 11.1 Å². The topological polar surface area (TPSA) is 30.0 Å². The van der Waals surface area contributed by atoms with Crippen molar-refractivity contribution < 1.29 is 13.6 Å². The number of pyridine rings is 1. The maximum atomic E-state index is 13.7. The molecule has 2 aromatic carbocycles. The molecule has 2 nitrogen and oxygen atoms in total. The highest BCUT2D eigenvalue weighted by Gasteiger charge is 2.24. The molecule has 0 bridgehead atoms. The Kier molecular flexibility index (Phi) is 4.72. The van der Waals surface area contributed by atoms with Crippen molar-refractivity contribution in [2.75, 3.05) is 0 Å². The van der Waals surface area contributed by atoms with Gasteiger partial charge in [0.15, 0.2) is 11.6 Å². The fourth-order valence-electron chi connectivity index (χ4n) is 3.08. The van der Waals surface area contributed by atoms with Crippen molar-refractivity contribution in [2.24, 2.45) is 0 Å². The first-order chi connectivity index (χ1) is 13.1. The number of thiophene rings is 1. The van der Waals surface area contributed by atoms with Crippen LogP contribution in [0.4, 0.5) is 8.78 Å². The van der Waals surface area contributed by atoms with E-state index in [1.165, 1.54) is 17.4 Å². The third-order valence-corrected chi connectivity index (χ3v) is 5.80. The number of halogens is 3. The number of benzene rings is 2.